The molecule has 1 saturated heterocycles. The maximum absolute atomic E-state index is 11.6. The predicted octanol–water partition coefficient (Wildman–Crippen LogP) is 2.10. The van der Waals surface area contributed by atoms with Crippen molar-refractivity contribution in [2.45, 2.75) is 12.6 Å². The van der Waals surface area contributed by atoms with Crippen LogP contribution in [-0.2, 0) is 11.3 Å². The largest absolute Gasteiger partial charge is 0.350 e. The normalized spacial score (nSPS) is 19.2. The van der Waals surface area contributed by atoms with Crippen molar-refractivity contribution < 1.29 is 4.79 Å². The minimum atomic E-state index is -0.0366. The first-order chi connectivity index (χ1) is 7.25. The van der Waals surface area contributed by atoms with Gasteiger partial charge in [-0.1, -0.05) is 11.6 Å². The van der Waals surface area contributed by atoms with E-state index < -0.39 is 0 Å². The fourth-order valence-corrected chi connectivity index (χ4v) is 3.28. The average molecular weight is 299 g/mol. The third-order valence-electron chi connectivity index (χ3n) is 2.10. The predicted molar refractivity (Wildman–Crippen MR) is 72.7 cm³/mol. The van der Waals surface area contributed by atoms with Crippen LogP contribution >= 0.6 is 47.1 Å². The Morgan fingerprint density at radius 1 is 1.62 bits per heavy atom. The lowest BCUT2D eigenvalue weighted by Gasteiger charge is -2.09. The molecule has 7 heteroatoms. The summed E-state index contributed by atoms with van der Waals surface area (Å²) in [4.78, 5) is 12.7. The van der Waals surface area contributed by atoms with E-state index in [-0.39, 0.29) is 24.4 Å². The third kappa shape index (κ3) is 3.82. The number of amides is 1. The molecule has 0 aromatic carbocycles. The Balaban J connectivity index is 0.00000128. The van der Waals surface area contributed by atoms with Crippen molar-refractivity contribution in [2.24, 2.45) is 0 Å². The number of carbonyl (C=O) groups excluding carboxylic acids is 1. The van der Waals surface area contributed by atoms with Crippen LogP contribution < -0.4 is 10.6 Å². The van der Waals surface area contributed by atoms with E-state index in [1.165, 1.54) is 11.3 Å². The van der Waals surface area contributed by atoms with Crippen molar-refractivity contribution in [1.29, 1.82) is 0 Å². The summed E-state index contributed by atoms with van der Waals surface area (Å²) in [5, 5.41) is 6.02. The molecule has 2 heterocycles. The molecule has 2 rings (SSSR count). The number of rotatable bonds is 3. The molecule has 0 spiro atoms. The second-order valence-electron chi connectivity index (χ2n) is 3.20. The Kier molecular flexibility index (Phi) is 5.92. The van der Waals surface area contributed by atoms with Crippen LogP contribution in [0.2, 0.25) is 4.34 Å². The average Bonchev–Trinajstić information content (AvgIpc) is 2.84. The number of nitrogens with one attached hydrogen (secondary N) is 2. The van der Waals surface area contributed by atoms with Crippen molar-refractivity contribution >= 4 is 53.0 Å². The van der Waals surface area contributed by atoms with Crippen molar-refractivity contribution in [3.63, 3.8) is 0 Å². The molecule has 0 bridgehead atoms. The number of thiophene rings is 1. The highest BCUT2D eigenvalue weighted by molar-refractivity contribution is 7.99. The minimum Gasteiger partial charge on any atom is -0.350 e. The van der Waals surface area contributed by atoms with E-state index in [2.05, 4.69) is 10.6 Å². The zero-order chi connectivity index (χ0) is 10.7. The molecule has 1 aliphatic heterocycles. The molecule has 3 nitrogen and oxygen atoms in total. The first-order valence-electron chi connectivity index (χ1n) is 4.59. The Morgan fingerprint density at radius 2 is 2.44 bits per heavy atom. The van der Waals surface area contributed by atoms with Gasteiger partial charge in [0.25, 0.3) is 0 Å². The van der Waals surface area contributed by atoms with Crippen molar-refractivity contribution in [1.82, 2.24) is 10.6 Å². The molecule has 0 aliphatic carbocycles. The highest BCUT2D eigenvalue weighted by atomic mass is 35.5. The van der Waals surface area contributed by atoms with Gasteiger partial charge in [0.05, 0.1) is 16.9 Å². The molecular formula is C9H12Cl2N2OS2. The monoisotopic (exact) mass is 298 g/mol. The van der Waals surface area contributed by atoms with E-state index in [1.54, 1.807) is 11.8 Å². The van der Waals surface area contributed by atoms with Gasteiger partial charge < -0.3 is 5.32 Å². The lowest BCUT2D eigenvalue weighted by molar-refractivity contribution is -0.122. The molecule has 2 N–H and O–H groups in total. The van der Waals surface area contributed by atoms with Crippen LogP contribution in [0.25, 0.3) is 0 Å². The van der Waals surface area contributed by atoms with Gasteiger partial charge in [-0.25, -0.2) is 0 Å². The maximum Gasteiger partial charge on any atom is 0.238 e. The van der Waals surface area contributed by atoms with Crippen LogP contribution in [0.15, 0.2) is 12.1 Å². The summed E-state index contributed by atoms with van der Waals surface area (Å²) in [6, 6.07) is 3.74. The second kappa shape index (κ2) is 6.71. The summed E-state index contributed by atoms with van der Waals surface area (Å²) in [7, 11) is 0. The summed E-state index contributed by atoms with van der Waals surface area (Å²) >= 11 is 9.04. The quantitative estimate of drug-likeness (QED) is 0.898. The van der Waals surface area contributed by atoms with Crippen LogP contribution in [0.5, 0.6) is 0 Å². The highest BCUT2D eigenvalue weighted by Gasteiger charge is 2.21. The van der Waals surface area contributed by atoms with E-state index >= 15 is 0 Å². The van der Waals surface area contributed by atoms with Crippen LogP contribution in [0, 0.1) is 0 Å². The van der Waals surface area contributed by atoms with E-state index in [0.717, 1.165) is 20.8 Å². The molecule has 1 aliphatic rings. The molecule has 1 fully saturated rings. The molecule has 1 amide bonds. The second-order valence-corrected chi connectivity index (χ2v) is 6.03. The van der Waals surface area contributed by atoms with Crippen LogP contribution in [0.1, 0.15) is 4.88 Å². The summed E-state index contributed by atoms with van der Waals surface area (Å²) in [5.74, 6) is 1.80. The number of hydrogen-bond donors (Lipinski definition) is 2. The van der Waals surface area contributed by atoms with Crippen molar-refractivity contribution in [3.8, 4) is 0 Å². The van der Waals surface area contributed by atoms with Gasteiger partial charge in [-0.05, 0) is 12.1 Å². The van der Waals surface area contributed by atoms with Gasteiger partial charge in [-0.15, -0.1) is 35.5 Å². The molecule has 1 aromatic rings. The van der Waals surface area contributed by atoms with Gasteiger partial charge in [-0.2, -0.15) is 0 Å². The van der Waals surface area contributed by atoms with E-state index in [0.29, 0.717) is 6.54 Å². The van der Waals surface area contributed by atoms with Gasteiger partial charge in [0, 0.05) is 16.5 Å². The van der Waals surface area contributed by atoms with Crippen LogP contribution in [0.4, 0.5) is 0 Å². The lowest BCUT2D eigenvalue weighted by Crippen LogP contribution is -2.41. The molecule has 0 saturated carbocycles. The van der Waals surface area contributed by atoms with E-state index in [4.69, 9.17) is 11.6 Å². The van der Waals surface area contributed by atoms with Crippen LogP contribution in [-0.4, -0.2) is 23.6 Å². The first kappa shape index (κ1) is 14.1. The summed E-state index contributed by atoms with van der Waals surface area (Å²) in [6.07, 6.45) is 0. The Morgan fingerprint density at radius 3 is 3.00 bits per heavy atom. The van der Waals surface area contributed by atoms with Crippen LogP contribution in [0.3, 0.4) is 0 Å². The molecule has 1 aromatic heterocycles. The number of carbonyl (C=O) groups is 1. The molecule has 90 valence electrons. The van der Waals surface area contributed by atoms with Crippen molar-refractivity contribution in [2.75, 3.05) is 11.6 Å². The first-order valence-corrected chi connectivity index (χ1v) is 6.93. The Labute approximate surface area is 114 Å². The molecular weight excluding hydrogens is 287 g/mol. The molecule has 16 heavy (non-hydrogen) atoms. The number of thioether (sulfide) groups is 1. The smallest absolute Gasteiger partial charge is 0.238 e. The highest BCUT2D eigenvalue weighted by Crippen LogP contribution is 2.21. The fraction of sp³-hybridized carbons (Fsp3) is 0.444. The van der Waals surface area contributed by atoms with E-state index in [9.17, 15) is 4.79 Å². The standard InChI is InChI=1S/C9H11ClN2OS2.ClH/c10-8-2-1-6(15-8)3-11-9(13)7-4-14-5-12-7;/h1-2,7,12H,3-5H2,(H,11,13);1H. The molecule has 1 atom stereocenters. The summed E-state index contributed by atoms with van der Waals surface area (Å²) in [6.45, 7) is 0.569. The minimum absolute atomic E-state index is 0. The number of halogens is 2. The van der Waals surface area contributed by atoms with Gasteiger partial charge in [0.1, 0.15) is 0 Å². The third-order valence-corrected chi connectivity index (χ3v) is 4.27. The van der Waals surface area contributed by atoms with Gasteiger partial charge in [-0.3, -0.25) is 10.1 Å². The van der Waals surface area contributed by atoms with Crippen molar-refractivity contribution in [3.05, 3.63) is 21.3 Å². The van der Waals surface area contributed by atoms with Gasteiger partial charge >= 0.3 is 0 Å². The van der Waals surface area contributed by atoms with Gasteiger partial charge in [0.2, 0.25) is 5.91 Å². The maximum atomic E-state index is 11.6. The number of hydrogen-bond acceptors (Lipinski definition) is 4. The summed E-state index contributed by atoms with van der Waals surface area (Å²) < 4.78 is 0.758. The Bertz CT molecular complexity index is 353. The zero-order valence-electron chi connectivity index (χ0n) is 8.36. The Hall–Kier alpha value is 0.0600. The molecule has 1 unspecified atom stereocenters. The van der Waals surface area contributed by atoms with Gasteiger partial charge in [0.15, 0.2) is 0 Å². The lowest BCUT2D eigenvalue weighted by atomic mass is 10.3. The fourth-order valence-electron chi connectivity index (χ4n) is 1.31. The molecule has 0 radical (unpaired) electrons. The van der Waals surface area contributed by atoms with E-state index in [1.807, 2.05) is 12.1 Å². The SMILES string of the molecule is Cl.O=C(NCc1ccc(Cl)s1)C1CSCN1. The zero-order valence-corrected chi connectivity index (χ0v) is 11.6. The topological polar surface area (TPSA) is 41.1 Å². The summed E-state index contributed by atoms with van der Waals surface area (Å²) in [5.41, 5.74) is 0.